The number of allylic oxidation sites excluding steroid dienone is 4. The minimum absolute atomic E-state index is 0.0608. The quantitative estimate of drug-likeness (QED) is 0.159. The molecule has 0 saturated heterocycles. The summed E-state index contributed by atoms with van der Waals surface area (Å²) in [6, 6.07) is 63.2. The van der Waals surface area contributed by atoms with Gasteiger partial charge in [-0.25, -0.2) is 0 Å². The normalized spacial score (nSPS) is 17.9. The third-order valence-electron chi connectivity index (χ3n) is 14.8. The van der Waals surface area contributed by atoms with Gasteiger partial charge < -0.3 is 9.32 Å². The molecule has 2 heteroatoms. The van der Waals surface area contributed by atoms with Gasteiger partial charge in [-0.15, -0.1) is 0 Å². The Bertz CT molecular complexity index is 3260. The highest BCUT2D eigenvalue weighted by Crippen LogP contribution is 2.56. The number of anilines is 3. The number of rotatable bonds is 7. The average Bonchev–Trinajstić information content (AvgIpc) is 3.83. The molecule has 0 radical (unpaired) electrons. The number of nitrogens with zero attached hydrogens (tertiary/aromatic N) is 1. The van der Waals surface area contributed by atoms with E-state index in [-0.39, 0.29) is 5.41 Å². The van der Waals surface area contributed by atoms with Crippen LogP contribution in [0.3, 0.4) is 0 Å². The molecular formula is C61H51NO. The van der Waals surface area contributed by atoms with Gasteiger partial charge in [-0.3, -0.25) is 0 Å². The Hall–Kier alpha value is -6.90. The van der Waals surface area contributed by atoms with Crippen LogP contribution in [0.25, 0.3) is 66.1 Å². The standard InChI is InChI=1S/C61H51NO/c1-61(2)53-28-10-6-24-52(53)60-47(26-16-29-54(60)61)41-33-36-44(37-34-41)62(55-30-11-7-21-45(55)43-35-38-50-49-23-9-13-32-57(49)63-58(50)39-43)56-31-12-8-22-48(56)51-27-15-20-42-19-14-25-46(59(42)51)40-17-4-3-5-18-40/h6-16,19-40,52-53H,3-5,17-18H2,1-2H3. The summed E-state index contributed by atoms with van der Waals surface area (Å²) >= 11 is 0. The van der Waals surface area contributed by atoms with Crippen LogP contribution in [-0.2, 0) is 5.41 Å². The van der Waals surface area contributed by atoms with E-state index in [2.05, 4.69) is 207 Å². The van der Waals surface area contributed by atoms with Crippen LogP contribution < -0.4 is 4.90 Å². The molecule has 2 unspecified atom stereocenters. The molecule has 2 nitrogen and oxygen atoms in total. The molecular weight excluding hydrogens is 763 g/mol. The fourth-order valence-corrected chi connectivity index (χ4v) is 11.7. The summed E-state index contributed by atoms with van der Waals surface area (Å²) in [6.07, 6.45) is 15.8. The lowest BCUT2D eigenvalue weighted by Gasteiger charge is -2.31. The Morgan fingerprint density at radius 1 is 0.524 bits per heavy atom. The molecule has 1 fully saturated rings. The van der Waals surface area contributed by atoms with Crippen LogP contribution in [-0.4, -0.2) is 0 Å². The minimum atomic E-state index is 0.0608. The van der Waals surface area contributed by atoms with E-state index in [0.717, 1.165) is 50.1 Å². The number of furan rings is 1. The van der Waals surface area contributed by atoms with E-state index in [1.807, 2.05) is 6.07 Å². The van der Waals surface area contributed by atoms with E-state index in [1.54, 1.807) is 0 Å². The zero-order chi connectivity index (χ0) is 42.1. The van der Waals surface area contributed by atoms with Gasteiger partial charge in [0.05, 0.1) is 11.4 Å². The second-order valence-electron chi connectivity index (χ2n) is 18.6. The maximum absolute atomic E-state index is 6.47. The molecule has 63 heavy (non-hydrogen) atoms. The second-order valence-corrected chi connectivity index (χ2v) is 18.6. The van der Waals surface area contributed by atoms with Gasteiger partial charge in [-0.05, 0) is 122 Å². The predicted octanol–water partition coefficient (Wildman–Crippen LogP) is 17.4. The lowest BCUT2D eigenvalue weighted by atomic mass is 9.74. The van der Waals surface area contributed by atoms with Crippen LogP contribution in [0.1, 0.15) is 74.5 Å². The Labute approximate surface area is 370 Å². The zero-order valence-electron chi connectivity index (χ0n) is 36.1. The number of para-hydroxylation sites is 3. The first kappa shape index (κ1) is 37.8. The molecule has 0 aliphatic heterocycles. The van der Waals surface area contributed by atoms with Crippen molar-refractivity contribution in [1.29, 1.82) is 0 Å². The van der Waals surface area contributed by atoms with E-state index >= 15 is 0 Å². The summed E-state index contributed by atoms with van der Waals surface area (Å²) < 4.78 is 6.47. The van der Waals surface area contributed by atoms with Crippen molar-refractivity contribution in [3.63, 3.8) is 0 Å². The molecule has 3 aliphatic rings. The molecule has 8 aromatic carbocycles. The highest BCUT2D eigenvalue weighted by molar-refractivity contribution is 6.07. The van der Waals surface area contributed by atoms with Gasteiger partial charge in [0.2, 0.25) is 0 Å². The Morgan fingerprint density at radius 3 is 2.02 bits per heavy atom. The van der Waals surface area contributed by atoms with Gasteiger partial charge >= 0.3 is 0 Å². The summed E-state index contributed by atoms with van der Waals surface area (Å²) in [4.78, 5) is 2.50. The van der Waals surface area contributed by atoms with Crippen molar-refractivity contribution >= 4 is 49.8 Å². The Kier molecular flexibility index (Phi) is 9.11. The topological polar surface area (TPSA) is 16.4 Å². The number of hydrogen-bond donors (Lipinski definition) is 0. The van der Waals surface area contributed by atoms with Crippen molar-refractivity contribution < 1.29 is 4.42 Å². The van der Waals surface area contributed by atoms with Crippen molar-refractivity contribution in [2.45, 2.75) is 63.2 Å². The summed E-state index contributed by atoms with van der Waals surface area (Å²) in [5.41, 5.74) is 17.0. The fraction of sp³-hybridized carbons (Fsp3) is 0.180. The summed E-state index contributed by atoms with van der Waals surface area (Å²) in [6.45, 7) is 4.83. The van der Waals surface area contributed by atoms with Crippen molar-refractivity contribution in [2.24, 2.45) is 5.92 Å². The van der Waals surface area contributed by atoms with E-state index in [0.29, 0.717) is 17.8 Å². The monoisotopic (exact) mass is 813 g/mol. The van der Waals surface area contributed by atoms with Gasteiger partial charge in [0.1, 0.15) is 11.2 Å². The lowest BCUT2D eigenvalue weighted by molar-refractivity contribution is 0.394. The fourth-order valence-electron chi connectivity index (χ4n) is 11.7. The lowest BCUT2D eigenvalue weighted by Crippen LogP contribution is -2.24. The molecule has 12 rings (SSSR count). The van der Waals surface area contributed by atoms with Gasteiger partial charge in [-0.2, -0.15) is 0 Å². The molecule has 0 amide bonds. The molecule has 3 aliphatic carbocycles. The maximum atomic E-state index is 6.47. The van der Waals surface area contributed by atoms with Crippen LogP contribution >= 0.6 is 0 Å². The first-order valence-corrected chi connectivity index (χ1v) is 23.0. The van der Waals surface area contributed by atoms with E-state index in [4.69, 9.17) is 4.42 Å². The summed E-state index contributed by atoms with van der Waals surface area (Å²) in [5, 5.41) is 4.98. The second kappa shape index (κ2) is 15.2. The van der Waals surface area contributed by atoms with Crippen molar-refractivity contribution in [3.05, 3.63) is 211 Å². The molecule has 306 valence electrons. The van der Waals surface area contributed by atoms with Gasteiger partial charge in [0, 0.05) is 33.5 Å². The van der Waals surface area contributed by atoms with Crippen molar-refractivity contribution in [1.82, 2.24) is 0 Å². The molecule has 9 aromatic rings. The highest BCUT2D eigenvalue weighted by atomic mass is 16.3. The van der Waals surface area contributed by atoms with Crippen LogP contribution in [0.5, 0.6) is 0 Å². The maximum Gasteiger partial charge on any atom is 0.136 e. The largest absolute Gasteiger partial charge is 0.456 e. The van der Waals surface area contributed by atoms with Gasteiger partial charge in [-0.1, -0.05) is 185 Å². The van der Waals surface area contributed by atoms with Crippen LogP contribution in [0, 0.1) is 5.92 Å². The zero-order valence-corrected chi connectivity index (χ0v) is 36.1. The first-order valence-electron chi connectivity index (χ1n) is 23.0. The molecule has 1 saturated carbocycles. The molecule has 0 N–H and O–H groups in total. The third-order valence-corrected chi connectivity index (χ3v) is 14.8. The summed E-state index contributed by atoms with van der Waals surface area (Å²) in [5.74, 6) is 1.40. The van der Waals surface area contributed by atoms with E-state index in [1.165, 1.54) is 81.8 Å². The molecule has 0 spiro atoms. The van der Waals surface area contributed by atoms with Crippen LogP contribution in [0.4, 0.5) is 17.1 Å². The number of hydrogen-bond acceptors (Lipinski definition) is 2. The van der Waals surface area contributed by atoms with Gasteiger partial charge in [0.15, 0.2) is 0 Å². The molecule has 0 bridgehead atoms. The Morgan fingerprint density at radius 2 is 1.17 bits per heavy atom. The van der Waals surface area contributed by atoms with Crippen LogP contribution in [0.2, 0.25) is 0 Å². The molecule has 1 aromatic heterocycles. The SMILES string of the molecule is CC1(C)c2cccc(-c3ccc(N(c4ccccc4-c4ccc5c(c4)oc4ccccc45)c4ccccc4-c4cccc5cccc(C6CCCCC6)c45)cc3)c2C2C=CC=CC21. The number of fused-ring (bicyclic) bond motifs is 7. The highest BCUT2D eigenvalue weighted by Gasteiger charge is 2.45. The van der Waals surface area contributed by atoms with E-state index in [9.17, 15) is 0 Å². The first-order chi connectivity index (χ1) is 31.0. The third kappa shape index (κ3) is 6.22. The van der Waals surface area contributed by atoms with Crippen molar-refractivity contribution in [2.75, 3.05) is 4.90 Å². The minimum Gasteiger partial charge on any atom is -0.456 e. The smallest absolute Gasteiger partial charge is 0.136 e. The van der Waals surface area contributed by atoms with Crippen molar-refractivity contribution in [3.8, 4) is 33.4 Å². The Balaban J connectivity index is 1.05. The average molecular weight is 814 g/mol. The number of benzene rings is 8. The predicted molar refractivity (Wildman–Crippen MR) is 266 cm³/mol. The molecule has 2 atom stereocenters. The molecule has 1 heterocycles. The van der Waals surface area contributed by atoms with Gasteiger partial charge in [0.25, 0.3) is 0 Å². The van der Waals surface area contributed by atoms with Crippen LogP contribution in [0.15, 0.2) is 199 Å². The van der Waals surface area contributed by atoms with E-state index < -0.39 is 0 Å². The summed E-state index contributed by atoms with van der Waals surface area (Å²) in [7, 11) is 0.